The number of rotatable bonds is 4. The third-order valence-electron chi connectivity index (χ3n) is 5.20. The standard InChI is InChI=1S/C20H23N3O4S2/c1-14-20(24)21-18-13-17(7-8-19(18)28-14)29(25,26)23-11-9-22(10-12-23)15-3-5-16(27-2)6-4-15/h3-8,13-14H,9-12H2,1-2H3,(H,21,24)/t14-/m0/s1. The predicted octanol–water partition coefficient (Wildman–Crippen LogP) is 2.64. The number of amides is 1. The van der Waals surface area contributed by atoms with Crippen LogP contribution in [-0.2, 0) is 14.8 Å². The number of nitrogens with one attached hydrogen (secondary N) is 1. The Labute approximate surface area is 175 Å². The van der Waals surface area contributed by atoms with Crippen LogP contribution >= 0.6 is 11.8 Å². The Bertz CT molecular complexity index is 1020. The van der Waals surface area contributed by atoms with E-state index in [1.807, 2.05) is 31.2 Å². The summed E-state index contributed by atoms with van der Waals surface area (Å²) in [4.78, 5) is 15.2. The van der Waals surface area contributed by atoms with E-state index < -0.39 is 10.0 Å². The number of hydrogen-bond acceptors (Lipinski definition) is 6. The Balaban J connectivity index is 1.48. The molecule has 0 aliphatic carbocycles. The first-order valence-corrected chi connectivity index (χ1v) is 11.7. The molecule has 2 heterocycles. The molecule has 1 atom stereocenters. The van der Waals surface area contributed by atoms with Gasteiger partial charge in [0.05, 0.1) is 22.9 Å². The van der Waals surface area contributed by atoms with Gasteiger partial charge < -0.3 is 15.0 Å². The van der Waals surface area contributed by atoms with Gasteiger partial charge in [-0.2, -0.15) is 4.31 Å². The normalized spacial score (nSPS) is 20.1. The lowest BCUT2D eigenvalue weighted by atomic mass is 10.2. The molecule has 7 nitrogen and oxygen atoms in total. The monoisotopic (exact) mass is 433 g/mol. The number of carbonyl (C=O) groups is 1. The maximum absolute atomic E-state index is 13.1. The highest BCUT2D eigenvalue weighted by Gasteiger charge is 2.30. The van der Waals surface area contributed by atoms with Crippen molar-refractivity contribution in [2.45, 2.75) is 22.0 Å². The third-order valence-corrected chi connectivity index (χ3v) is 8.27. The summed E-state index contributed by atoms with van der Waals surface area (Å²) in [7, 11) is -1.99. The highest BCUT2D eigenvalue weighted by atomic mass is 32.2. The summed E-state index contributed by atoms with van der Waals surface area (Å²) in [5, 5.41) is 2.62. The molecule has 0 radical (unpaired) electrons. The van der Waals surface area contributed by atoms with Crippen molar-refractivity contribution in [3.63, 3.8) is 0 Å². The number of sulfonamides is 1. The van der Waals surface area contributed by atoms with Crippen molar-refractivity contribution in [3.8, 4) is 5.75 Å². The van der Waals surface area contributed by atoms with Crippen LogP contribution in [-0.4, -0.2) is 57.2 Å². The number of fused-ring (bicyclic) bond motifs is 1. The van der Waals surface area contributed by atoms with Crippen LogP contribution in [0.2, 0.25) is 0 Å². The van der Waals surface area contributed by atoms with Gasteiger partial charge >= 0.3 is 0 Å². The fourth-order valence-electron chi connectivity index (χ4n) is 3.48. The van der Waals surface area contributed by atoms with Gasteiger partial charge in [0.2, 0.25) is 15.9 Å². The number of thioether (sulfide) groups is 1. The van der Waals surface area contributed by atoms with Gasteiger partial charge in [0.25, 0.3) is 0 Å². The quantitative estimate of drug-likeness (QED) is 0.799. The molecule has 4 rings (SSSR count). The van der Waals surface area contributed by atoms with Gasteiger partial charge in [-0.05, 0) is 49.4 Å². The number of methoxy groups -OCH3 is 1. The lowest BCUT2D eigenvalue weighted by molar-refractivity contribution is -0.115. The van der Waals surface area contributed by atoms with E-state index in [1.54, 1.807) is 25.3 Å². The summed E-state index contributed by atoms with van der Waals surface area (Å²) >= 11 is 1.44. The zero-order chi connectivity index (χ0) is 20.6. The highest BCUT2D eigenvalue weighted by Crippen LogP contribution is 2.37. The minimum atomic E-state index is -3.62. The van der Waals surface area contributed by atoms with Gasteiger partial charge in [0.15, 0.2) is 0 Å². The first-order valence-electron chi connectivity index (χ1n) is 9.39. The average molecular weight is 434 g/mol. The van der Waals surface area contributed by atoms with E-state index >= 15 is 0 Å². The van der Waals surface area contributed by atoms with Crippen molar-refractivity contribution >= 4 is 39.1 Å². The molecule has 2 aromatic rings. The van der Waals surface area contributed by atoms with Crippen molar-refractivity contribution in [3.05, 3.63) is 42.5 Å². The lowest BCUT2D eigenvalue weighted by Crippen LogP contribution is -2.48. The minimum Gasteiger partial charge on any atom is -0.497 e. The Morgan fingerprint density at radius 3 is 2.41 bits per heavy atom. The molecule has 1 N–H and O–H groups in total. The summed E-state index contributed by atoms with van der Waals surface area (Å²) in [6.07, 6.45) is 0. The van der Waals surface area contributed by atoms with Crippen molar-refractivity contribution in [2.24, 2.45) is 0 Å². The van der Waals surface area contributed by atoms with Crippen LogP contribution < -0.4 is 15.0 Å². The number of hydrogen-bond donors (Lipinski definition) is 1. The smallest absolute Gasteiger partial charge is 0.243 e. The van der Waals surface area contributed by atoms with E-state index in [2.05, 4.69) is 10.2 Å². The third kappa shape index (κ3) is 3.94. The summed E-state index contributed by atoms with van der Waals surface area (Å²) in [5.74, 6) is 0.687. The Kier molecular flexibility index (Phi) is 5.46. The second-order valence-corrected chi connectivity index (χ2v) is 10.3. The maximum Gasteiger partial charge on any atom is 0.243 e. The SMILES string of the molecule is COc1ccc(N2CCN(S(=O)(=O)c3ccc4c(c3)NC(=O)[C@H](C)S4)CC2)cc1. The molecular weight excluding hydrogens is 410 g/mol. The number of ether oxygens (including phenoxy) is 1. The highest BCUT2D eigenvalue weighted by molar-refractivity contribution is 8.01. The summed E-state index contributed by atoms with van der Waals surface area (Å²) in [6, 6.07) is 12.7. The van der Waals surface area contributed by atoms with Crippen LogP contribution in [0.4, 0.5) is 11.4 Å². The van der Waals surface area contributed by atoms with Crippen LogP contribution in [0.1, 0.15) is 6.92 Å². The first kappa shape index (κ1) is 20.1. The van der Waals surface area contributed by atoms with Crippen LogP contribution in [0.25, 0.3) is 0 Å². The van der Waals surface area contributed by atoms with E-state index in [0.717, 1.165) is 16.3 Å². The Hall–Kier alpha value is -2.23. The number of anilines is 2. The molecule has 29 heavy (non-hydrogen) atoms. The Morgan fingerprint density at radius 2 is 1.76 bits per heavy atom. The number of carbonyl (C=O) groups excluding carboxylic acids is 1. The maximum atomic E-state index is 13.1. The molecule has 154 valence electrons. The minimum absolute atomic E-state index is 0.106. The average Bonchev–Trinajstić information content (AvgIpc) is 2.74. The van der Waals surface area contributed by atoms with E-state index in [4.69, 9.17) is 4.74 Å². The topological polar surface area (TPSA) is 79.0 Å². The molecule has 0 bridgehead atoms. The number of piperazine rings is 1. The van der Waals surface area contributed by atoms with E-state index in [-0.39, 0.29) is 16.1 Å². The van der Waals surface area contributed by atoms with Gasteiger partial charge in [-0.25, -0.2) is 8.42 Å². The first-order chi connectivity index (χ1) is 13.9. The second-order valence-electron chi connectivity index (χ2n) is 7.00. The van der Waals surface area contributed by atoms with Gasteiger partial charge in [0.1, 0.15) is 5.75 Å². The van der Waals surface area contributed by atoms with E-state index in [0.29, 0.717) is 31.9 Å². The van der Waals surface area contributed by atoms with Crippen LogP contribution in [0, 0.1) is 0 Å². The van der Waals surface area contributed by atoms with Gasteiger partial charge in [-0.1, -0.05) is 0 Å². The predicted molar refractivity (Wildman–Crippen MR) is 114 cm³/mol. The fraction of sp³-hybridized carbons (Fsp3) is 0.350. The Morgan fingerprint density at radius 1 is 1.07 bits per heavy atom. The molecule has 0 saturated carbocycles. The molecule has 0 spiro atoms. The number of nitrogens with zero attached hydrogens (tertiary/aromatic N) is 2. The fourth-order valence-corrected chi connectivity index (χ4v) is 5.86. The van der Waals surface area contributed by atoms with Crippen molar-refractivity contribution < 1.29 is 17.9 Å². The summed E-state index contributed by atoms with van der Waals surface area (Å²) in [5.41, 5.74) is 1.61. The zero-order valence-electron chi connectivity index (χ0n) is 16.3. The molecule has 2 aliphatic rings. The van der Waals surface area contributed by atoms with Gasteiger partial charge in [-0.3, -0.25) is 4.79 Å². The largest absolute Gasteiger partial charge is 0.497 e. The molecule has 1 saturated heterocycles. The number of benzene rings is 2. The molecule has 0 unspecified atom stereocenters. The van der Waals surface area contributed by atoms with Gasteiger partial charge in [-0.15, -0.1) is 11.8 Å². The van der Waals surface area contributed by atoms with Crippen LogP contribution in [0.3, 0.4) is 0 Å². The van der Waals surface area contributed by atoms with Crippen molar-refractivity contribution in [1.82, 2.24) is 4.31 Å². The second kappa shape index (κ2) is 7.89. The van der Waals surface area contributed by atoms with Crippen LogP contribution in [0.5, 0.6) is 5.75 Å². The lowest BCUT2D eigenvalue weighted by Gasteiger charge is -2.35. The van der Waals surface area contributed by atoms with Gasteiger partial charge in [0, 0.05) is 36.8 Å². The molecule has 1 fully saturated rings. The van der Waals surface area contributed by atoms with Crippen LogP contribution in [0.15, 0.2) is 52.3 Å². The summed E-state index contributed by atoms with van der Waals surface area (Å²) < 4.78 is 32.9. The molecule has 9 heteroatoms. The summed E-state index contributed by atoms with van der Waals surface area (Å²) in [6.45, 7) is 3.87. The molecule has 2 aromatic carbocycles. The molecule has 2 aliphatic heterocycles. The van der Waals surface area contributed by atoms with Crippen molar-refractivity contribution in [2.75, 3.05) is 43.5 Å². The molecule has 0 aromatic heterocycles. The zero-order valence-corrected chi connectivity index (χ0v) is 17.9. The van der Waals surface area contributed by atoms with E-state index in [1.165, 1.54) is 16.1 Å². The molecular formula is C20H23N3O4S2. The van der Waals surface area contributed by atoms with Crippen molar-refractivity contribution in [1.29, 1.82) is 0 Å². The van der Waals surface area contributed by atoms with E-state index in [9.17, 15) is 13.2 Å². The molecule has 1 amide bonds.